The molecule has 0 saturated carbocycles. The fraction of sp³-hybridized carbons (Fsp3) is 0.444. The number of rotatable bonds is 0. The molecule has 0 aromatic carbocycles. The van der Waals surface area contributed by atoms with Crippen LogP contribution in [-0.4, -0.2) is 11.3 Å². The zero-order chi connectivity index (χ0) is 8.55. The Morgan fingerprint density at radius 3 is 3.25 bits per heavy atom. The van der Waals surface area contributed by atoms with Crippen molar-refractivity contribution < 1.29 is 4.79 Å². The summed E-state index contributed by atoms with van der Waals surface area (Å²) >= 11 is 5.82. The Labute approximate surface area is 76.3 Å². The molecular weight excluding hydrogens is 174 g/mol. The summed E-state index contributed by atoms with van der Waals surface area (Å²) in [6, 6.07) is 0. The van der Waals surface area contributed by atoms with Crippen LogP contribution in [0.2, 0.25) is 0 Å². The third-order valence-corrected chi connectivity index (χ3v) is 2.69. The lowest BCUT2D eigenvalue weighted by Gasteiger charge is -2.29. The lowest BCUT2D eigenvalue weighted by atomic mass is 9.89. The van der Waals surface area contributed by atoms with Gasteiger partial charge >= 0.3 is 0 Å². The molecule has 1 heterocycles. The van der Waals surface area contributed by atoms with Gasteiger partial charge in [-0.2, -0.15) is 0 Å². The zero-order valence-corrected chi connectivity index (χ0v) is 7.34. The average molecular weight is 184 g/mol. The highest BCUT2D eigenvalue weighted by molar-refractivity contribution is 6.31. The molecule has 1 saturated heterocycles. The Morgan fingerprint density at radius 2 is 2.42 bits per heavy atom. The van der Waals surface area contributed by atoms with Gasteiger partial charge < -0.3 is 5.32 Å². The maximum atomic E-state index is 11.1. The molecule has 2 aliphatic rings. The van der Waals surface area contributed by atoms with Crippen LogP contribution in [0.15, 0.2) is 23.9 Å². The SMILES string of the molecule is O=C1NC2=CC=CCC2CC1Cl. The number of fused-ring (bicyclic) bond motifs is 1. The van der Waals surface area contributed by atoms with E-state index < -0.39 is 0 Å². The minimum absolute atomic E-state index is 0.0607. The highest BCUT2D eigenvalue weighted by Crippen LogP contribution is 2.29. The van der Waals surface area contributed by atoms with Crippen LogP contribution in [-0.2, 0) is 4.79 Å². The van der Waals surface area contributed by atoms with E-state index in [-0.39, 0.29) is 11.3 Å². The van der Waals surface area contributed by atoms with E-state index in [2.05, 4.69) is 11.4 Å². The molecule has 1 fully saturated rings. The lowest BCUT2D eigenvalue weighted by molar-refractivity contribution is -0.121. The van der Waals surface area contributed by atoms with Gasteiger partial charge in [0, 0.05) is 11.6 Å². The number of halogens is 1. The van der Waals surface area contributed by atoms with Gasteiger partial charge in [-0.05, 0) is 18.9 Å². The topological polar surface area (TPSA) is 29.1 Å². The molecule has 2 nitrogen and oxygen atoms in total. The molecule has 2 rings (SSSR count). The van der Waals surface area contributed by atoms with E-state index in [9.17, 15) is 4.79 Å². The van der Waals surface area contributed by atoms with E-state index in [0.29, 0.717) is 5.92 Å². The Kier molecular flexibility index (Phi) is 1.93. The van der Waals surface area contributed by atoms with Gasteiger partial charge in [-0.3, -0.25) is 4.79 Å². The van der Waals surface area contributed by atoms with Gasteiger partial charge in [-0.25, -0.2) is 0 Å². The number of carbonyl (C=O) groups excluding carboxylic acids is 1. The van der Waals surface area contributed by atoms with E-state index >= 15 is 0 Å². The van der Waals surface area contributed by atoms with Gasteiger partial charge in [0.1, 0.15) is 5.38 Å². The van der Waals surface area contributed by atoms with Crippen LogP contribution in [0, 0.1) is 5.92 Å². The van der Waals surface area contributed by atoms with Gasteiger partial charge in [0.2, 0.25) is 5.91 Å². The quantitative estimate of drug-likeness (QED) is 0.568. The van der Waals surface area contributed by atoms with Crippen molar-refractivity contribution >= 4 is 17.5 Å². The largest absolute Gasteiger partial charge is 0.328 e. The Balaban J connectivity index is 2.19. The second-order valence-electron chi connectivity index (χ2n) is 3.18. The Morgan fingerprint density at radius 1 is 1.58 bits per heavy atom. The summed E-state index contributed by atoms with van der Waals surface area (Å²) in [6.45, 7) is 0. The van der Waals surface area contributed by atoms with Crippen LogP contribution in [0.5, 0.6) is 0 Å². The molecule has 0 aromatic rings. The Hall–Kier alpha value is -0.760. The molecule has 0 bridgehead atoms. The summed E-state index contributed by atoms with van der Waals surface area (Å²) in [5.74, 6) is 0.365. The minimum atomic E-state index is -0.348. The van der Waals surface area contributed by atoms with Crippen LogP contribution < -0.4 is 5.32 Å². The standard InChI is InChI=1S/C9H10ClNO/c10-7-5-6-3-1-2-4-8(6)11-9(7)12/h1-2,4,6-7H,3,5H2,(H,11,12). The van der Waals surface area contributed by atoms with Crippen LogP contribution in [0.25, 0.3) is 0 Å². The van der Waals surface area contributed by atoms with Crippen molar-refractivity contribution in [2.24, 2.45) is 5.92 Å². The molecule has 1 aliphatic heterocycles. The van der Waals surface area contributed by atoms with E-state index in [1.807, 2.05) is 12.2 Å². The summed E-state index contributed by atoms with van der Waals surface area (Å²) in [4.78, 5) is 11.1. The molecule has 2 atom stereocenters. The molecular formula is C9H10ClNO. The normalized spacial score (nSPS) is 33.8. The molecule has 1 amide bonds. The van der Waals surface area contributed by atoms with E-state index in [4.69, 9.17) is 11.6 Å². The van der Waals surface area contributed by atoms with E-state index in [0.717, 1.165) is 18.5 Å². The summed E-state index contributed by atoms with van der Waals surface area (Å²) in [5, 5.41) is 2.46. The number of nitrogens with one attached hydrogen (secondary N) is 1. The summed E-state index contributed by atoms with van der Waals surface area (Å²) in [7, 11) is 0. The van der Waals surface area contributed by atoms with Gasteiger partial charge in [0.25, 0.3) is 0 Å². The highest BCUT2D eigenvalue weighted by atomic mass is 35.5. The molecule has 3 heteroatoms. The first kappa shape index (κ1) is 7.87. The molecule has 1 N–H and O–H groups in total. The van der Waals surface area contributed by atoms with Crippen molar-refractivity contribution in [1.29, 1.82) is 0 Å². The first-order valence-electron chi connectivity index (χ1n) is 4.09. The maximum absolute atomic E-state index is 11.1. The fourth-order valence-corrected chi connectivity index (χ4v) is 1.89. The van der Waals surface area contributed by atoms with Crippen LogP contribution in [0.1, 0.15) is 12.8 Å². The van der Waals surface area contributed by atoms with Crippen molar-refractivity contribution in [1.82, 2.24) is 5.32 Å². The summed E-state index contributed by atoms with van der Waals surface area (Å²) < 4.78 is 0. The number of allylic oxidation sites excluding steroid dienone is 4. The molecule has 2 unspecified atom stereocenters. The van der Waals surface area contributed by atoms with E-state index in [1.165, 1.54) is 0 Å². The molecule has 0 radical (unpaired) electrons. The number of hydrogen-bond donors (Lipinski definition) is 1. The molecule has 64 valence electrons. The van der Waals surface area contributed by atoms with Crippen molar-refractivity contribution in [3.63, 3.8) is 0 Å². The van der Waals surface area contributed by atoms with Crippen molar-refractivity contribution in [2.45, 2.75) is 18.2 Å². The smallest absolute Gasteiger partial charge is 0.242 e. The highest BCUT2D eigenvalue weighted by Gasteiger charge is 2.30. The van der Waals surface area contributed by atoms with Gasteiger partial charge in [0.15, 0.2) is 0 Å². The zero-order valence-electron chi connectivity index (χ0n) is 6.59. The van der Waals surface area contributed by atoms with Crippen LogP contribution in [0.3, 0.4) is 0 Å². The van der Waals surface area contributed by atoms with Gasteiger partial charge in [0.05, 0.1) is 0 Å². The fourth-order valence-electron chi connectivity index (χ4n) is 1.62. The number of alkyl halides is 1. The average Bonchev–Trinajstić information content (AvgIpc) is 2.07. The Bertz CT molecular complexity index is 270. The van der Waals surface area contributed by atoms with E-state index in [1.54, 1.807) is 0 Å². The number of hydrogen-bond acceptors (Lipinski definition) is 1. The lowest BCUT2D eigenvalue weighted by Crippen LogP contribution is -2.40. The van der Waals surface area contributed by atoms with Gasteiger partial charge in [-0.1, -0.05) is 12.2 Å². The third-order valence-electron chi connectivity index (χ3n) is 2.32. The minimum Gasteiger partial charge on any atom is -0.328 e. The van der Waals surface area contributed by atoms with Crippen molar-refractivity contribution in [2.75, 3.05) is 0 Å². The summed E-state index contributed by atoms with van der Waals surface area (Å²) in [6.07, 6.45) is 7.80. The first-order valence-corrected chi connectivity index (χ1v) is 4.52. The number of carbonyl (C=O) groups is 1. The first-order chi connectivity index (χ1) is 5.77. The van der Waals surface area contributed by atoms with Gasteiger partial charge in [-0.15, -0.1) is 11.6 Å². The predicted molar refractivity (Wildman–Crippen MR) is 47.7 cm³/mol. The second kappa shape index (κ2) is 2.94. The van der Waals surface area contributed by atoms with Crippen LogP contribution >= 0.6 is 11.6 Å². The maximum Gasteiger partial charge on any atom is 0.242 e. The summed E-state index contributed by atoms with van der Waals surface area (Å²) in [5.41, 5.74) is 1.03. The monoisotopic (exact) mass is 183 g/mol. The van der Waals surface area contributed by atoms with Crippen molar-refractivity contribution in [3.05, 3.63) is 23.9 Å². The van der Waals surface area contributed by atoms with Crippen molar-refractivity contribution in [3.8, 4) is 0 Å². The number of piperidine rings is 1. The predicted octanol–water partition coefficient (Wildman–Crippen LogP) is 1.57. The number of amides is 1. The third kappa shape index (κ3) is 1.27. The van der Waals surface area contributed by atoms with Crippen LogP contribution in [0.4, 0.5) is 0 Å². The molecule has 0 aromatic heterocycles. The second-order valence-corrected chi connectivity index (χ2v) is 3.70. The molecule has 0 spiro atoms. The molecule has 1 aliphatic carbocycles. The molecule has 12 heavy (non-hydrogen) atoms.